The van der Waals surface area contributed by atoms with Crippen LogP contribution in [0.1, 0.15) is 23.3 Å². The summed E-state index contributed by atoms with van der Waals surface area (Å²) >= 11 is 0. The fourth-order valence-corrected chi connectivity index (χ4v) is 3.45. The number of rotatable bonds is 4. The molecule has 3 N–H and O–H groups in total. The average Bonchev–Trinajstić information content (AvgIpc) is 3.09. The Morgan fingerprint density at radius 3 is 2.86 bits per heavy atom. The Bertz CT molecular complexity index is 1180. The van der Waals surface area contributed by atoms with Crippen molar-refractivity contribution in [3.63, 3.8) is 0 Å². The third kappa shape index (κ3) is 2.92. The van der Waals surface area contributed by atoms with Gasteiger partial charge in [-0.1, -0.05) is 0 Å². The molecule has 1 saturated carbocycles. The molecule has 140 valence electrons. The van der Waals surface area contributed by atoms with E-state index < -0.39 is 6.17 Å². The molecule has 4 aromatic rings. The van der Waals surface area contributed by atoms with Crippen LogP contribution >= 0.6 is 0 Å². The molecule has 28 heavy (non-hydrogen) atoms. The number of nitrogens with one attached hydrogen (secondary N) is 3. The summed E-state index contributed by atoms with van der Waals surface area (Å²) in [5, 5.41) is 15.8. The Morgan fingerprint density at radius 1 is 1.11 bits per heavy atom. The number of fused-ring (bicyclic) bond motifs is 2. The number of nitrogens with zero attached hydrogens (tertiary/aromatic N) is 3. The van der Waals surface area contributed by atoms with Gasteiger partial charge in [-0.25, -0.2) is 9.37 Å². The number of aromatic nitrogens is 4. The normalized spacial score (nSPS) is 18.8. The van der Waals surface area contributed by atoms with Crippen LogP contribution in [0, 0.1) is 0 Å². The zero-order chi connectivity index (χ0) is 19.1. The lowest BCUT2D eigenvalue weighted by molar-refractivity contribution is 0.0857. The Labute approximate surface area is 159 Å². The second kappa shape index (κ2) is 6.56. The summed E-state index contributed by atoms with van der Waals surface area (Å²) in [6.45, 7) is 0. The molecule has 8 heteroatoms. The lowest BCUT2D eigenvalue weighted by Gasteiger charge is -2.30. The van der Waals surface area contributed by atoms with Crippen LogP contribution in [-0.4, -0.2) is 38.3 Å². The molecule has 3 heterocycles. The van der Waals surface area contributed by atoms with E-state index in [2.05, 4.69) is 30.8 Å². The maximum atomic E-state index is 13.0. The van der Waals surface area contributed by atoms with E-state index in [4.69, 9.17) is 0 Å². The van der Waals surface area contributed by atoms with Gasteiger partial charge in [-0.2, -0.15) is 5.10 Å². The molecule has 1 amide bonds. The largest absolute Gasteiger partial charge is 0.348 e. The zero-order valence-corrected chi connectivity index (χ0v) is 14.8. The van der Waals surface area contributed by atoms with E-state index in [0.717, 1.165) is 27.7 Å². The van der Waals surface area contributed by atoms with Gasteiger partial charge in [-0.05, 0) is 54.6 Å². The molecule has 0 aliphatic heterocycles. The van der Waals surface area contributed by atoms with Crippen molar-refractivity contribution in [2.24, 2.45) is 0 Å². The molecule has 0 saturated heterocycles. The van der Waals surface area contributed by atoms with Crippen molar-refractivity contribution in [1.29, 1.82) is 0 Å². The second-order valence-corrected chi connectivity index (χ2v) is 6.93. The van der Waals surface area contributed by atoms with Crippen molar-refractivity contribution in [2.75, 3.05) is 5.32 Å². The molecule has 0 atom stereocenters. The van der Waals surface area contributed by atoms with Crippen LogP contribution in [0.3, 0.4) is 0 Å². The highest BCUT2D eigenvalue weighted by molar-refractivity contribution is 6.06. The standard InChI is InChI=1S/C20H17FN6O/c21-12-9-14(10-12)25-20(28)17-15-4-3-13(8-11(15)5-7-22-17)24-19-16-2-1-6-23-18(16)26-27-19/h1-8,12,14H,9-10H2,(H,25,28)(H2,23,24,26,27). The van der Waals surface area contributed by atoms with Crippen LogP contribution in [0.15, 0.2) is 48.8 Å². The summed E-state index contributed by atoms with van der Waals surface area (Å²) in [5.41, 5.74) is 1.83. The van der Waals surface area contributed by atoms with Crippen molar-refractivity contribution < 1.29 is 9.18 Å². The lowest BCUT2D eigenvalue weighted by Crippen LogP contribution is -2.45. The number of H-pyrrole nitrogens is 1. The van der Waals surface area contributed by atoms with Crippen LogP contribution in [-0.2, 0) is 0 Å². The minimum Gasteiger partial charge on any atom is -0.348 e. The molecule has 1 aromatic carbocycles. The fraction of sp³-hybridized carbons (Fsp3) is 0.200. The third-order valence-electron chi connectivity index (χ3n) is 4.99. The molecule has 1 aliphatic rings. The fourth-order valence-electron chi connectivity index (χ4n) is 3.45. The monoisotopic (exact) mass is 376 g/mol. The highest BCUT2D eigenvalue weighted by atomic mass is 19.1. The molecule has 1 fully saturated rings. The van der Waals surface area contributed by atoms with Crippen molar-refractivity contribution >= 4 is 39.2 Å². The van der Waals surface area contributed by atoms with Gasteiger partial charge in [0.2, 0.25) is 0 Å². The predicted molar refractivity (Wildman–Crippen MR) is 104 cm³/mol. The number of hydrogen-bond donors (Lipinski definition) is 3. The molecule has 3 aromatic heterocycles. The second-order valence-electron chi connectivity index (χ2n) is 6.93. The number of alkyl halides is 1. The van der Waals surface area contributed by atoms with E-state index in [1.165, 1.54) is 0 Å². The average molecular weight is 376 g/mol. The van der Waals surface area contributed by atoms with Gasteiger partial charge >= 0.3 is 0 Å². The first-order valence-corrected chi connectivity index (χ1v) is 9.07. The zero-order valence-electron chi connectivity index (χ0n) is 14.8. The third-order valence-corrected chi connectivity index (χ3v) is 4.99. The van der Waals surface area contributed by atoms with Gasteiger partial charge in [0.15, 0.2) is 5.65 Å². The van der Waals surface area contributed by atoms with E-state index in [1.807, 2.05) is 36.4 Å². The number of pyridine rings is 2. The molecule has 0 bridgehead atoms. The maximum absolute atomic E-state index is 13.0. The first kappa shape index (κ1) is 16.6. The minimum atomic E-state index is -0.812. The Balaban J connectivity index is 1.43. The van der Waals surface area contributed by atoms with Gasteiger partial charge in [0.1, 0.15) is 17.7 Å². The summed E-state index contributed by atoms with van der Waals surface area (Å²) in [6.07, 6.45) is 3.23. The number of halogens is 1. The number of benzene rings is 1. The van der Waals surface area contributed by atoms with E-state index >= 15 is 0 Å². The van der Waals surface area contributed by atoms with Crippen LogP contribution < -0.4 is 10.6 Å². The highest BCUT2D eigenvalue weighted by Gasteiger charge is 2.30. The van der Waals surface area contributed by atoms with Gasteiger partial charge in [-0.3, -0.25) is 14.9 Å². The maximum Gasteiger partial charge on any atom is 0.270 e. The summed E-state index contributed by atoms with van der Waals surface area (Å²) in [5.74, 6) is 0.481. The molecule has 7 nitrogen and oxygen atoms in total. The van der Waals surface area contributed by atoms with E-state index in [1.54, 1.807) is 12.4 Å². The lowest BCUT2D eigenvalue weighted by atomic mass is 9.90. The van der Waals surface area contributed by atoms with Crippen molar-refractivity contribution in [3.05, 3.63) is 54.5 Å². The van der Waals surface area contributed by atoms with Gasteiger partial charge in [0.25, 0.3) is 5.91 Å². The SMILES string of the molecule is O=C(NC1CC(F)C1)c1nccc2cc(Nc3[nH]nc4ncccc34)ccc12. The Hall–Kier alpha value is -3.55. The number of carbonyl (C=O) groups is 1. The smallest absolute Gasteiger partial charge is 0.270 e. The first-order chi connectivity index (χ1) is 13.7. The number of anilines is 2. The van der Waals surface area contributed by atoms with Gasteiger partial charge in [0.05, 0.1) is 5.39 Å². The van der Waals surface area contributed by atoms with Gasteiger partial charge in [-0.15, -0.1) is 0 Å². The van der Waals surface area contributed by atoms with E-state index in [9.17, 15) is 9.18 Å². The van der Waals surface area contributed by atoms with Gasteiger partial charge < -0.3 is 10.6 Å². The number of amides is 1. The number of aromatic amines is 1. The van der Waals surface area contributed by atoms with Crippen molar-refractivity contribution in [3.8, 4) is 0 Å². The van der Waals surface area contributed by atoms with E-state index in [0.29, 0.717) is 24.2 Å². The minimum absolute atomic E-state index is 0.109. The molecule has 1 aliphatic carbocycles. The summed E-state index contributed by atoms with van der Waals surface area (Å²) in [7, 11) is 0. The van der Waals surface area contributed by atoms with Crippen LogP contribution in [0.4, 0.5) is 15.9 Å². The predicted octanol–water partition coefficient (Wildman–Crippen LogP) is 3.48. The van der Waals surface area contributed by atoms with Crippen molar-refractivity contribution in [2.45, 2.75) is 25.1 Å². The molecule has 0 unspecified atom stereocenters. The molecular weight excluding hydrogens is 359 g/mol. The van der Waals surface area contributed by atoms with Crippen LogP contribution in [0.5, 0.6) is 0 Å². The first-order valence-electron chi connectivity index (χ1n) is 9.07. The number of hydrogen-bond acceptors (Lipinski definition) is 5. The van der Waals surface area contributed by atoms with E-state index in [-0.39, 0.29) is 11.9 Å². The molecule has 0 spiro atoms. The molecule has 0 radical (unpaired) electrons. The quantitative estimate of drug-likeness (QED) is 0.507. The van der Waals surface area contributed by atoms with Gasteiger partial charge in [0, 0.05) is 29.5 Å². The van der Waals surface area contributed by atoms with Crippen LogP contribution in [0.2, 0.25) is 0 Å². The summed E-state index contributed by atoms with van der Waals surface area (Å²) in [6, 6.07) is 11.2. The topological polar surface area (TPSA) is 95.6 Å². The summed E-state index contributed by atoms with van der Waals surface area (Å²) in [4.78, 5) is 21.0. The summed E-state index contributed by atoms with van der Waals surface area (Å²) < 4.78 is 13.0. The Kier molecular flexibility index (Phi) is 3.89. The van der Waals surface area contributed by atoms with Crippen LogP contribution in [0.25, 0.3) is 21.8 Å². The molecule has 5 rings (SSSR count). The molecular formula is C20H17FN6O. The highest BCUT2D eigenvalue weighted by Crippen LogP contribution is 2.27. The Morgan fingerprint density at radius 2 is 2.00 bits per heavy atom. The van der Waals surface area contributed by atoms with Crippen molar-refractivity contribution in [1.82, 2.24) is 25.5 Å². The number of carbonyl (C=O) groups excluding carboxylic acids is 1.